The van der Waals surface area contributed by atoms with Crippen molar-refractivity contribution in [3.63, 3.8) is 0 Å². The van der Waals surface area contributed by atoms with Crippen LogP contribution in [0.1, 0.15) is 11.1 Å². The van der Waals surface area contributed by atoms with Crippen molar-refractivity contribution >= 4 is 113 Å². The van der Waals surface area contributed by atoms with Gasteiger partial charge in [0.1, 0.15) is 0 Å². The van der Waals surface area contributed by atoms with Gasteiger partial charge in [0, 0.05) is 63.5 Å². The zero-order chi connectivity index (χ0) is 32.6. The van der Waals surface area contributed by atoms with Crippen LogP contribution < -0.4 is 32.8 Å². The Morgan fingerprint density at radius 1 is 0.420 bits per heavy atom. The number of rotatable bonds is 0. The number of aryl methyl sites for hydroxylation is 2. The molecular formula is C44H26B2N2S2. The number of benzene rings is 7. The Bertz CT molecular complexity index is 2890. The monoisotopic (exact) mass is 668 g/mol. The van der Waals surface area contributed by atoms with E-state index in [9.17, 15) is 0 Å². The van der Waals surface area contributed by atoms with Gasteiger partial charge in [-0.2, -0.15) is 0 Å². The van der Waals surface area contributed by atoms with E-state index >= 15 is 0 Å². The summed E-state index contributed by atoms with van der Waals surface area (Å²) < 4.78 is 5.20. The van der Waals surface area contributed by atoms with E-state index in [-0.39, 0.29) is 13.4 Å². The second kappa shape index (κ2) is 9.00. The largest absolute Gasteiger partial charge is 0.310 e. The first kappa shape index (κ1) is 26.8. The zero-order valence-corrected chi connectivity index (χ0v) is 29.0. The molecule has 0 fully saturated rings. The van der Waals surface area contributed by atoms with Gasteiger partial charge in [-0.25, -0.2) is 0 Å². The molecule has 6 heteroatoms. The Balaban J connectivity index is 1.18. The highest BCUT2D eigenvalue weighted by Crippen LogP contribution is 2.43. The van der Waals surface area contributed by atoms with Gasteiger partial charge in [0.2, 0.25) is 13.4 Å². The van der Waals surface area contributed by atoms with Gasteiger partial charge >= 0.3 is 0 Å². The molecule has 0 saturated heterocycles. The van der Waals surface area contributed by atoms with Crippen LogP contribution in [-0.2, 0) is 0 Å². The second-order valence-corrected chi connectivity index (χ2v) is 16.7. The lowest BCUT2D eigenvalue weighted by Crippen LogP contribution is -2.58. The van der Waals surface area contributed by atoms with E-state index in [0.717, 1.165) is 0 Å². The topological polar surface area (TPSA) is 9.86 Å². The molecule has 13 rings (SSSR count). The third kappa shape index (κ3) is 3.07. The fraction of sp³-hybridized carbons (Fsp3) is 0.0455. The number of fused-ring (bicyclic) bond motifs is 14. The first-order valence-corrected chi connectivity index (χ1v) is 19.1. The van der Waals surface area contributed by atoms with Crippen molar-refractivity contribution in [2.75, 3.05) is 0 Å². The highest BCUT2D eigenvalue weighted by molar-refractivity contribution is 8.00. The van der Waals surface area contributed by atoms with Gasteiger partial charge in [-0.05, 0) is 84.2 Å². The third-order valence-corrected chi connectivity index (χ3v) is 14.3. The summed E-state index contributed by atoms with van der Waals surface area (Å²) in [4.78, 5) is 5.50. The van der Waals surface area contributed by atoms with Crippen LogP contribution in [0.5, 0.6) is 0 Å². The van der Waals surface area contributed by atoms with E-state index in [1.807, 2.05) is 23.5 Å². The van der Waals surface area contributed by atoms with Crippen LogP contribution in [0.4, 0.5) is 0 Å². The van der Waals surface area contributed by atoms with Gasteiger partial charge in [0.25, 0.3) is 0 Å². The molecule has 0 spiro atoms. The van der Waals surface area contributed by atoms with Crippen LogP contribution in [0, 0.1) is 13.8 Å². The Labute approximate surface area is 298 Å². The Hall–Kier alpha value is -5.03. The number of nitrogens with zero attached hydrogens (tertiary/aromatic N) is 2. The van der Waals surface area contributed by atoms with Crippen molar-refractivity contribution in [2.45, 2.75) is 33.4 Å². The summed E-state index contributed by atoms with van der Waals surface area (Å²) in [6.07, 6.45) is 0. The molecule has 0 atom stereocenters. The molecule has 0 aliphatic carbocycles. The van der Waals surface area contributed by atoms with E-state index in [1.54, 1.807) is 0 Å². The maximum absolute atomic E-state index is 2.60. The quantitative estimate of drug-likeness (QED) is 0.160. The summed E-state index contributed by atoms with van der Waals surface area (Å²) in [6.45, 7) is 4.91. The molecule has 0 unspecified atom stereocenters. The predicted molar refractivity (Wildman–Crippen MR) is 215 cm³/mol. The smallest absolute Gasteiger partial charge is 0.249 e. The van der Waals surface area contributed by atoms with Crippen LogP contribution >= 0.6 is 23.5 Å². The van der Waals surface area contributed by atoms with Crippen molar-refractivity contribution < 1.29 is 0 Å². The summed E-state index contributed by atoms with van der Waals surface area (Å²) >= 11 is 3.86. The molecular weight excluding hydrogens is 642 g/mol. The van der Waals surface area contributed by atoms with Crippen LogP contribution in [0.2, 0.25) is 0 Å². The van der Waals surface area contributed by atoms with Crippen LogP contribution in [0.3, 0.4) is 0 Å². The van der Waals surface area contributed by atoms with Crippen molar-refractivity contribution in [1.82, 2.24) is 9.13 Å². The maximum atomic E-state index is 2.60. The molecule has 0 bridgehead atoms. The number of aromatic nitrogens is 2. The lowest BCUT2D eigenvalue weighted by atomic mass is 9.35. The molecule has 0 radical (unpaired) electrons. The summed E-state index contributed by atoms with van der Waals surface area (Å²) in [5.74, 6) is 0. The molecule has 0 N–H and O–H groups in total. The number of hydrogen-bond donors (Lipinski definition) is 0. The van der Waals surface area contributed by atoms with Crippen LogP contribution in [0.25, 0.3) is 55.0 Å². The average Bonchev–Trinajstić information content (AvgIpc) is 3.64. The van der Waals surface area contributed by atoms with E-state index in [4.69, 9.17) is 0 Å². The molecule has 0 saturated carbocycles. The van der Waals surface area contributed by atoms with E-state index < -0.39 is 0 Å². The van der Waals surface area contributed by atoms with Gasteiger partial charge in [0.15, 0.2) is 0 Å². The molecule has 7 aromatic carbocycles. The van der Waals surface area contributed by atoms with Crippen LogP contribution in [-0.4, -0.2) is 22.6 Å². The zero-order valence-electron chi connectivity index (χ0n) is 27.4. The van der Waals surface area contributed by atoms with Crippen LogP contribution in [0.15, 0.2) is 141 Å². The number of hydrogen-bond acceptors (Lipinski definition) is 2. The van der Waals surface area contributed by atoms with E-state index in [0.29, 0.717) is 0 Å². The first-order valence-electron chi connectivity index (χ1n) is 17.5. The second-order valence-electron chi connectivity index (χ2n) is 14.6. The van der Waals surface area contributed by atoms with Gasteiger partial charge in [-0.3, -0.25) is 0 Å². The lowest BCUT2D eigenvalue weighted by molar-refractivity contribution is 1.16. The summed E-state index contributed by atoms with van der Waals surface area (Å²) in [6, 6.07) is 47.0. The van der Waals surface area contributed by atoms with Gasteiger partial charge in [0.05, 0.1) is 11.0 Å². The average molecular weight is 668 g/mol. The van der Waals surface area contributed by atoms with Crippen molar-refractivity contribution in [3.8, 4) is 11.4 Å². The molecule has 50 heavy (non-hydrogen) atoms. The fourth-order valence-electron chi connectivity index (χ4n) is 10.0. The summed E-state index contributed by atoms with van der Waals surface area (Å²) in [5.41, 5.74) is 19.2. The molecule has 2 nitrogen and oxygen atoms in total. The number of para-hydroxylation sites is 2. The highest BCUT2D eigenvalue weighted by atomic mass is 32.2. The first-order chi connectivity index (χ1) is 24.6. The standard InChI is InChI=1S/C44H26B2N2S2/c1-23-15-17-37-31(19-23)45-29-9-3-7-25-27-21-28-26-8-4-10-30-44(26)48(34-12-6-14-40-42(34)46(30)32-20-24(2)16-18-38(32)50-40)36(28)22-35(27)47(43(25)29)33-11-5-13-39(49-37)41(33)45/h3-22H,1-2H3. The lowest BCUT2D eigenvalue weighted by Gasteiger charge is -2.33. The molecule has 0 amide bonds. The van der Waals surface area contributed by atoms with Gasteiger partial charge in [-0.15, -0.1) is 0 Å². The van der Waals surface area contributed by atoms with Crippen molar-refractivity contribution in [1.29, 1.82) is 0 Å². The molecule has 230 valence electrons. The fourth-order valence-corrected chi connectivity index (χ4v) is 12.3. The van der Waals surface area contributed by atoms with Gasteiger partial charge in [-0.1, -0.05) is 118 Å². The van der Waals surface area contributed by atoms with E-state index in [1.165, 1.54) is 118 Å². The Morgan fingerprint density at radius 2 is 0.900 bits per heavy atom. The minimum absolute atomic E-state index is 0.229. The van der Waals surface area contributed by atoms with E-state index in [2.05, 4.69) is 144 Å². The minimum Gasteiger partial charge on any atom is -0.310 e. The molecule has 4 aliphatic heterocycles. The predicted octanol–water partition coefficient (Wildman–Crippen LogP) is 7.09. The normalized spacial score (nSPS) is 14.4. The van der Waals surface area contributed by atoms with Crippen molar-refractivity contribution in [3.05, 3.63) is 132 Å². The van der Waals surface area contributed by atoms with Crippen molar-refractivity contribution in [2.24, 2.45) is 0 Å². The summed E-state index contributed by atoms with van der Waals surface area (Å²) in [5, 5.41) is 5.35. The molecule has 2 aromatic heterocycles. The molecule has 9 aromatic rings. The highest BCUT2D eigenvalue weighted by Gasteiger charge is 2.41. The summed E-state index contributed by atoms with van der Waals surface area (Å²) in [7, 11) is 0. The maximum Gasteiger partial charge on any atom is 0.249 e. The molecule has 6 heterocycles. The minimum atomic E-state index is 0.229. The third-order valence-electron chi connectivity index (χ3n) is 11.9. The Kier molecular flexibility index (Phi) is 4.82. The van der Waals surface area contributed by atoms with Gasteiger partial charge < -0.3 is 9.13 Å². The Morgan fingerprint density at radius 3 is 1.40 bits per heavy atom. The SMILES string of the molecule is Cc1ccc2c(c1)B1c3c(cccc3-n3c4cc5c(cc4c4cccc1c43)c1cccc3c1n5-c1cccc4c1B3c1cc(C)ccc1S4)S2. The molecule has 4 aliphatic rings.